The lowest BCUT2D eigenvalue weighted by molar-refractivity contribution is 0.0744. The van der Waals surface area contributed by atoms with Crippen molar-refractivity contribution in [1.29, 1.82) is 0 Å². The maximum atomic E-state index is 10.1. The van der Waals surface area contributed by atoms with E-state index in [2.05, 4.69) is 4.90 Å². The molecule has 0 saturated carbocycles. The summed E-state index contributed by atoms with van der Waals surface area (Å²) in [5.74, 6) is 1.63. The van der Waals surface area contributed by atoms with Gasteiger partial charge >= 0.3 is 0 Å². The second-order valence-corrected chi connectivity index (χ2v) is 5.32. The van der Waals surface area contributed by atoms with E-state index < -0.39 is 6.10 Å². The van der Waals surface area contributed by atoms with Crippen LogP contribution in [0.4, 0.5) is 0 Å². The monoisotopic (exact) mass is 301 g/mol. The molecule has 118 valence electrons. The molecule has 1 atom stereocenters. The van der Waals surface area contributed by atoms with Gasteiger partial charge in [-0.3, -0.25) is 4.90 Å². The Morgan fingerprint density at radius 3 is 2.32 bits per heavy atom. The summed E-state index contributed by atoms with van der Waals surface area (Å²) in [6.45, 7) is 1.61. The molecule has 1 unspecified atom stereocenters. The summed E-state index contributed by atoms with van der Waals surface area (Å²) in [6, 6.07) is 17.5. The fourth-order valence-electron chi connectivity index (χ4n) is 2.23. The lowest BCUT2D eigenvalue weighted by atomic mass is 10.2. The lowest BCUT2D eigenvalue weighted by Gasteiger charge is -2.21. The molecule has 0 amide bonds. The van der Waals surface area contributed by atoms with Crippen LogP contribution in [0.3, 0.4) is 0 Å². The number of hydrogen-bond acceptors (Lipinski definition) is 4. The van der Waals surface area contributed by atoms with Crippen LogP contribution in [0.25, 0.3) is 0 Å². The number of ether oxygens (including phenoxy) is 2. The van der Waals surface area contributed by atoms with Crippen molar-refractivity contribution < 1.29 is 14.6 Å². The third-order valence-electron chi connectivity index (χ3n) is 3.32. The van der Waals surface area contributed by atoms with Crippen LogP contribution in [-0.2, 0) is 6.54 Å². The Morgan fingerprint density at radius 1 is 1.00 bits per heavy atom. The molecule has 1 N–H and O–H groups in total. The van der Waals surface area contributed by atoms with Gasteiger partial charge in [-0.1, -0.05) is 30.3 Å². The molecule has 2 rings (SSSR count). The highest BCUT2D eigenvalue weighted by Crippen LogP contribution is 2.13. The summed E-state index contributed by atoms with van der Waals surface area (Å²) < 4.78 is 10.7. The van der Waals surface area contributed by atoms with Crippen LogP contribution in [0.15, 0.2) is 54.6 Å². The maximum absolute atomic E-state index is 10.1. The van der Waals surface area contributed by atoms with Gasteiger partial charge in [0.1, 0.15) is 24.2 Å². The van der Waals surface area contributed by atoms with E-state index in [9.17, 15) is 5.11 Å². The molecule has 4 heteroatoms. The average molecular weight is 301 g/mol. The summed E-state index contributed by atoms with van der Waals surface area (Å²) in [5.41, 5.74) is 1.18. The molecule has 0 bridgehead atoms. The lowest BCUT2D eigenvalue weighted by Crippen LogP contribution is -2.32. The van der Waals surface area contributed by atoms with E-state index in [1.54, 1.807) is 7.11 Å². The van der Waals surface area contributed by atoms with Gasteiger partial charge < -0.3 is 14.6 Å². The zero-order valence-electron chi connectivity index (χ0n) is 13.1. The van der Waals surface area contributed by atoms with Gasteiger partial charge in [-0.25, -0.2) is 0 Å². The first-order valence-corrected chi connectivity index (χ1v) is 7.35. The van der Waals surface area contributed by atoms with Crippen LogP contribution in [0.1, 0.15) is 5.56 Å². The fraction of sp³-hybridized carbons (Fsp3) is 0.333. The van der Waals surface area contributed by atoms with E-state index in [0.29, 0.717) is 6.54 Å². The number of rotatable bonds is 8. The highest BCUT2D eigenvalue weighted by molar-refractivity contribution is 5.27. The van der Waals surface area contributed by atoms with E-state index in [4.69, 9.17) is 9.47 Å². The minimum Gasteiger partial charge on any atom is -0.497 e. The Hall–Kier alpha value is -2.04. The number of methoxy groups -OCH3 is 1. The Balaban J connectivity index is 1.74. The predicted molar refractivity (Wildman–Crippen MR) is 87.3 cm³/mol. The Labute approximate surface area is 131 Å². The Bertz CT molecular complexity index is 542. The van der Waals surface area contributed by atoms with Crippen LogP contribution in [0.5, 0.6) is 11.5 Å². The first-order chi connectivity index (χ1) is 10.7. The summed E-state index contributed by atoms with van der Waals surface area (Å²) >= 11 is 0. The molecule has 4 nitrogen and oxygen atoms in total. The first kappa shape index (κ1) is 16.3. The summed E-state index contributed by atoms with van der Waals surface area (Å²) in [7, 11) is 3.64. The average Bonchev–Trinajstić information content (AvgIpc) is 2.54. The Morgan fingerprint density at radius 2 is 1.68 bits per heavy atom. The van der Waals surface area contributed by atoms with E-state index in [-0.39, 0.29) is 6.61 Å². The standard InChI is InChI=1S/C18H23NO3/c1-19(12-15-8-10-17(21-2)11-9-15)13-16(20)14-22-18-6-4-3-5-7-18/h3-11,16,20H,12-14H2,1-2H3. The van der Waals surface area contributed by atoms with Crippen LogP contribution in [-0.4, -0.2) is 43.4 Å². The zero-order chi connectivity index (χ0) is 15.8. The van der Waals surface area contributed by atoms with Gasteiger partial charge in [0.25, 0.3) is 0 Å². The summed E-state index contributed by atoms with van der Waals surface area (Å²) in [6.07, 6.45) is -0.525. The number of benzene rings is 2. The molecule has 0 aliphatic carbocycles. The summed E-state index contributed by atoms with van der Waals surface area (Å²) in [4.78, 5) is 2.07. The van der Waals surface area contributed by atoms with Crippen molar-refractivity contribution in [3.8, 4) is 11.5 Å². The largest absolute Gasteiger partial charge is 0.497 e. The third kappa shape index (κ3) is 5.39. The third-order valence-corrected chi connectivity index (χ3v) is 3.32. The molecule has 0 heterocycles. The summed E-state index contributed by atoms with van der Waals surface area (Å²) in [5, 5.41) is 10.1. The molecule has 2 aromatic carbocycles. The number of hydrogen-bond donors (Lipinski definition) is 1. The molecule has 0 aliphatic heterocycles. The van der Waals surface area contributed by atoms with Gasteiger partial charge in [0.2, 0.25) is 0 Å². The normalized spacial score (nSPS) is 12.2. The van der Waals surface area contributed by atoms with E-state index >= 15 is 0 Å². The molecule has 0 aliphatic rings. The van der Waals surface area contributed by atoms with Crippen molar-refractivity contribution in [2.75, 3.05) is 27.3 Å². The quantitative estimate of drug-likeness (QED) is 0.814. The molecule has 0 spiro atoms. The van der Waals surface area contributed by atoms with Gasteiger partial charge in [0.05, 0.1) is 7.11 Å². The molecular formula is C18H23NO3. The van der Waals surface area contributed by atoms with Crippen LogP contribution in [0.2, 0.25) is 0 Å². The van der Waals surface area contributed by atoms with E-state index in [1.165, 1.54) is 5.56 Å². The smallest absolute Gasteiger partial charge is 0.119 e. The minimum atomic E-state index is -0.525. The van der Waals surface area contributed by atoms with Crippen molar-refractivity contribution in [2.24, 2.45) is 0 Å². The number of para-hydroxylation sites is 1. The fourth-order valence-corrected chi connectivity index (χ4v) is 2.23. The molecule has 22 heavy (non-hydrogen) atoms. The van der Waals surface area contributed by atoms with Crippen molar-refractivity contribution in [2.45, 2.75) is 12.6 Å². The number of aliphatic hydroxyl groups is 1. The SMILES string of the molecule is COc1ccc(CN(C)CC(O)COc2ccccc2)cc1. The molecule has 2 aromatic rings. The molecular weight excluding hydrogens is 278 g/mol. The van der Waals surface area contributed by atoms with E-state index in [0.717, 1.165) is 18.0 Å². The van der Waals surface area contributed by atoms with Crippen molar-refractivity contribution >= 4 is 0 Å². The van der Waals surface area contributed by atoms with Crippen LogP contribution in [0, 0.1) is 0 Å². The van der Waals surface area contributed by atoms with Crippen LogP contribution < -0.4 is 9.47 Å². The number of aliphatic hydroxyl groups excluding tert-OH is 1. The molecule has 0 saturated heterocycles. The second kappa shape index (κ2) is 8.41. The van der Waals surface area contributed by atoms with E-state index in [1.807, 2.05) is 61.6 Å². The molecule has 0 fully saturated rings. The maximum Gasteiger partial charge on any atom is 0.119 e. The minimum absolute atomic E-state index is 0.289. The number of likely N-dealkylation sites (N-methyl/N-ethyl adjacent to an activating group) is 1. The van der Waals surface area contributed by atoms with Crippen molar-refractivity contribution in [3.05, 3.63) is 60.2 Å². The molecule has 0 aromatic heterocycles. The molecule has 0 radical (unpaired) electrons. The zero-order valence-corrected chi connectivity index (χ0v) is 13.1. The first-order valence-electron chi connectivity index (χ1n) is 7.35. The number of nitrogens with zero attached hydrogens (tertiary/aromatic N) is 1. The van der Waals surface area contributed by atoms with Gasteiger partial charge in [-0.2, -0.15) is 0 Å². The highest BCUT2D eigenvalue weighted by Gasteiger charge is 2.09. The van der Waals surface area contributed by atoms with Crippen molar-refractivity contribution in [1.82, 2.24) is 4.90 Å². The van der Waals surface area contributed by atoms with Gasteiger partial charge in [0, 0.05) is 13.1 Å². The second-order valence-electron chi connectivity index (χ2n) is 5.32. The van der Waals surface area contributed by atoms with Gasteiger partial charge in [-0.05, 0) is 36.9 Å². The topological polar surface area (TPSA) is 41.9 Å². The van der Waals surface area contributed by atoms with Crippen molar-refractivity contribution in [3.63, 3.8) is 0 Å². The van der Waals surface area contributed by atoms with Gasteiger partial charge in [-0.15, -0.1) is 0 Å². The Kier molecular flexibility index (Phi) is 6.25. The van der Waals surface area contributed by atoms with Crippen LogP contribution >= 0.6 is 0 Å². The highest BCUT2D eigenvalue weighted by atomic mass is 16.5. The predicted octanol–water partition coefficient (Wildman–Crippen LogP) is 2.57. The van der Waals surface area contributed by atoms with Gasteiger partial charge in [0.15, 0.2) is 0 Å².